The summed E-state index contributed by atoms with van der Waals surface area (Å²) in [6.45, 7) is 7.83. The third-order valence-electron chi connectivity index (χ3n) is 4.19. The molecule has 0 aliphatic carbocycles. The summed E-state index contributed by atoms with van der Waals surface area (Å²) in [5.74, 6) is 1.89. The third kappa shape index (κ3) is 3.38. The van der Waals surface area contributed by atoms with Crippen LogP contribution in [0.3, 0.4) is 0 Å². The van der Waals surface area contributed by atoms with Crippen molar-refractivity contribution in [1.82, 2.24) is 10.3 Å². The van der Waals surface area contributed by atoms with Gasteiger partial charge in [-0.2, -0.15) is 0 Å². The van der Waals surface area contributed by atoms with E-state index in [1.165, 1.54) is 35.2 Å². The summed E-state index contributed by atoms with van der Waals surface area (Å²) < 4.78 is 1.35. The first-order valence-corrected chi connectivity index (χ1v) is 8.93. The van der Waals surface area contributed by atoms with Crippen LogP contribution in [0, 0.1) is 5.92 Å². The molecule has 0 aromatic carbocycles. The van der Waals surface area contributed by atoms with E-state index in [0.29, 0.717) is 12.0 Å². The molecule has 3 nitrogen and oxygen atoms in total. The molecule has 1 aliphatic heterocycles. The average Bonchev–Trinajstić information content (AvgIpc) is 2.96. The Hall–Kier alpha value is -1.13. The van der Waals surface area contributed by atoms with Crippen LogP contribution in [0.1, 0.15) is 33.1 Å². The molecule has 114 valence electrons. The highest BCUT2D eigenvalue weighted by Gasteiger charge is 2.24. The Labute approximate surface area is 131 Å². The molecule has 1 saturated heterocycles. The number of anilines is 1. The van der Waals surface area contributed by atoms with Crippen LogP contribution in [0.2, 0.25) is 0 Å². The van der Waals surface area contributed by atoms with Gasteiger partial charge in [0.2, 0.25) is 0 Å². The zero-order valence-corrected chi connectivity index (χ0v) is 13.8. The van der Waals surface area contributed by atoms with Crippen molar-refractivity contribution in [3.8, 4) is 0 Å². The first-order chi connectivity index (χ1) is 10.3. The fraction of sp³-hybridized carbons (Fsp3) is 0.588. The van der Waals surface area contributed by atoms with Crippen molar-refractivity contribution in [1.29, 1.82) is 0 Å². The molecule has 1 N–H and O–H groups in total. The Balaban J connectivity index is 1.79. The SMILES string of the molecule is CC(C)CNCC1CCCCN1c1nccc2sccc12. The van der Waals surface area contributed by atoms with E-state index >= 15 is 0 Å². The maximum absolute atomic E-state index is 4.70. The second-order valence-electron chi connectivity index (χ2n) is 6.36. The molecule has 21 heavy (non-hydrogen) atoms. The van der Waals surface area contributed by atoms with Crippen LogP contribution in [-0.4, -0.2) is 30.7 Å². The summed E-state index contributed by atoms with van der Waals surface area (Å²) in [6.07, 6.45) is 5.85. The molecule has 0 spiro atoms. The summed E-state index contributed by atoms with van der Waals surface area (Å²) >= 11 is 1.81. The van der Waals surface area contributed by atoms with Crippen molar-refractivity contribution in [2.75, 3.05) is 24.5 Å². The Bertz CT molecular complexity index is 578. The monoisotopic (exact) mass is 303 g/mol. The lowest BCUT2D eigenvalue weighted by Crippen LogP contribution is -2.46. The van der Waals surface area contributed by atoms with Gasteiger partial charge >= 0.3 is 0 Å². The number of pyridine rings is 1. The van der Waals surface area contributed by atoms with Gasteiger partial charge in [0.15, 0.2) is 0 Å². The number of nitrogens with one attached hydrogen (secondary N) is 1. The molecule has 1 unspecified atom stereocenters. The molecule has 1 atom stereocenters. The molecule has 0 bridgehead atoms. The summed E-state index contributed by atoms with van der Waals surface area (Å²) in [6, 6.07) is 4.92. The fourth-order valence-corrected chi connectivity index (χ4v) is 3.92. The standard InChI is InChI=1S/C17H25N3S/c1-13(2)11-18-12-14-5-3-4-9-20(14)17-15-7-10-21-16(15)6-8-19-17/h6-8,10,13-14,18H,3-5,9,11-12H2,1-2H3. The van der Waals surface area contributed by atoms with Crippen molar-refractivity contribution >= 4 is 27.2 Å². The molecule has 4 heteroatoms. The largest absolute Gasteiger partial charge is 0.352 e. The second kappa shape index (κ2) is 6.75. The normalized spacial score (nSPS) is 19.6. The topological polar surface area (TPSA) is 28.2 Å². The molecule has 0 saturated carbocycles. The maximum Gasteiger partial charge on any atom is 0.137 e. The van der Waals surface area contributed by atoms with E-state index in [1.54, 1.807) is 11.3 Å². The molecular weight excluding hydrogens is 278 g/mol. The van der Waals surface area contributed by atoms with Gasteiger partial charge in [0.25, 0.3) is 0 Å². The van der Waals surface area contributed by atoms with E-state index < -0.39 is 0 Å². The smallest absolute Gasteiger partial charge is 0.137 e. The highest BCUT2D eigenvalue weighted by molar-refractivity contribution is 7.17. The van der Waals surface area contributed by atoms with Crippen LogP contribution in [0.4, 0.5) is 5.82 Å². The molecule has 2 aromatic heterocycles. The Morgan fingerprint density at radius 1 is 1.38 bits per heavy atom. The predicted molar refractivity (Wildman–Crippen MR) is 92.3 cm³/mol. The minimum Gasteiger partial charge on any atom is -0.352 e. The Morgan fingerprint density at radius 2 is 2.29 bits per heavy atom. The summed E-state index contributed by atoms with van der Waals surface area (Å²) in [7, 11) is 0. The van der Waals surface area contributed by atoms with Crippen LogP contribution < -0.4 is 10.2 Å². The summed E-state index contributed by atoms with van der Waals surface area (Å²) in [5.41, 5.74) is 0. The van der Waals surface area contributed by atoms with Crippen molar-refractivity contribution in [3.63, 3.8) is 0 Å². The molecule has 0 radical (unpaired) electrons. The number of aromatic nitrogens is 1. The number of rotatable bonds is 5. The van der Waals surface area contributed by atoms with Crippen LogP contribution >= 0.6 is 11.3 Å². The first kappa shape index (κ1) is 14.8. The number of thiophene rings is 1. The number of hydrogen-bond donors (Lipinski definition) is 1. The predicted octanol–water partition coefficient (Wildman–Crippen LogP) is 3.90. The van der Waals surface area contributed by atoms with Crippen molar-refractivity contribution < 1.29 is 0 Å². The summed E-state index contributed by atoms with van der Waals surface area (Å²) in [4.78, 5) is 7.23. The zero-order valence-electron chi connectivity index (χ0n) is 13.0. The van der Waals surface area contributed by atoms with Gasteiger partial charge < -0.3 is 10.2 Å². The van der Waals surface area contributed by atoms with E-state index in [9.17, 15) is 0 Å². The molecule has 3 rings (SSSR count). The third-order valence-corrected chi connectivity index (χ3v) is 5.07. The van der Waals surface area contributed by atoms with Crippen molar-refractivity contribution in [3.05, 3.63) is 23.7 Å². The Kier molecular flexibility index (Phi) is 4.76. The van der Waals surface area contributed by atoms with E-state index in [0.717, 1.165) is 19.6 Å². The van der Waals surface area contributed by atoms with Gasteiger partial charge in [-0.3, -0.25) is 0 Å². The van der Waals surface area contributed by atoms with Crippen LogP contribution in [0.5, 0.6) is 0 Å². The lowest BCUT2D eigenvalue weighted by atomic mass is 10.0. The fourth-order valence-electron chi connectivity index (χ4n) is 3.14. The van der Waals surface area contributed by atoms with Crippen LogP contribution in [0.25, 0.3) is 10.1 Å². The maximum atomic E-state index is 4.70. The van der Waals surface area contributed by atoms with Gasteiger partial charge in [0.1, 0.15) is 5.82 Å². The molecular formula is C17H25N3S. The molecule has 0 amide bonds. The first-order valence-electron chi connectivity index (χ1n) is 8.05. The van der Waals surface area contributed by atoms with Gasteiger partial charge in [-0.1, -0.05) is 13.8 Å². The number of piperidine rings is 1. The van der Waals surface area contributed by atoms with Crippen LogP contribution in [-0.2, 0) is 0 Å². The van der Waals surface area contributed by atoms with Gasteiger partial charge in [-0.25, -0.2) is 4.98 Å². The van der Waals surface area contributed by atoms with Gasteiger partial charge in [-0.05, 0) is 49.2 Å². The summed E-state index contributed by atoms with van der Waals surface area (Å²) in [5, 5.41) is 7.12. The minimum absolute atomic E-state index is 0.579. The van der Waals surface area contributed by atoms with E-state index in [2.05, 4.69) is 41.6 Å². The quantitative estimate of drug-likeness (QED) is 0.908. The lowest BCUT2D eigenvalue weighted by Gasteiger charge is -2.37. The van der Waals surface area contributed by atoms with Gasteiger partial charge in [0.05, 0.1) is 0 Å². The van der Waals surface area contributed by atoms with E-state index in [1.807, 2.05) is 6.20 Å². The number of hydrogen-bond acceptors (Lipinski definition) is 4. The average molecular weight is 303 g/mol. The van der Waals surface area contributed by atoms with Crippen molar-refractivity contribution in [2.45, 2.75) is 39.2 Å². The van der Waals surface area contributed by atoms with Crippen LogP contribution in [0.15, 0.2) is 23.7 Å². The molecule has 1 fully saturated rings. The van der Waals surface area contributed by atoms with E-state index in [-0.39, 0.29) is 0 Å². The molecule has 1 aliphatic rings. The lowest BCUT2D eigenvalue weighted by molar-refractivity contribution is 0.421. The highest BCUT2D eigenvalue weighted by atomic mass is 32.1. The number of fused-ring (bicyclic) bond motifs is 1. The highest BCUT2D eigenvalue weighted by Crippen LogP contribution is 2.32. The zero-order chi connectivity index (χ0) is 14.7. The van der Waals surface area contributed by atoms with Gasteiger partial charge in [-0.15, -0.1) is 11.3 Å². The molecule has 3 heterocycles. The second-order valence-corrected chi connectivity index (χ2v) is 7.31. The Morgan fingerprint density at radius 3 is 3.14 bits per heavy atom. The van der Waals surface area contributed by atoms with E-state index in [4.69, 9.17) is 4.98 Å². The minimum atomic E-state index is 0.579. The molecule has 2 aromatic rings. The number of nitrogens with zero attached hydrogens (tertiary/aromatic N) is 2. The van der Waals surface area contributed by atoms with Gasteiger partial charge in [0, 0.05) is 35.4 Å². The van der Waals surface area contributed by atoms with Crippen molar-refractivity contribution in [2.24, 2.45) is 5.92 Å².